The van der Waals surface area contributed by atoms with Crippen LogP contribution in [0.3, 0.4) is 0 Å². The molecule has 0 radical (unpaired) electrons. The standard InChI is InChI=1S/C20H29NO4/c1-19(2,3)25-18(23)21-12-8-10-16(13-21)20(4,5)24-17-11-7-6-9-15(17)14-22/h6-7,9,11,14,16H,8,10,12-13H2,1-5H3. The number of amides is 1. The molecular weight excluding hydrogens is 318 g/mol. The Morgan fingerprint density at radius 3 is 2.52 bits per heavy atom. The molecule has 0 spiro atoms. The van der Waals surface area contributed by atoms with Crippen LogP contribution in [0, 0.1) is 5.92 Å². The molecule has 25 heavy (non-hydrogen) atoms. The molecule has 0 aliphatic carbocycles. The lowest BCUT2D eigenvalue weighted by Gasteiger charge is -2.41. The largest absolute Gasteiger partial charge is 0.487 e. The summed E-state index contributed by atoms with van der Waals surface area (Å²) in [6, 6.07) is 7.22. The number of hydrogen-bond acceptors (Lipinski definition) is 4. The quantitative estimate of drug-likeness (QED) is 0.762. The van der Waals surface area contributed by atoms with Gasteiger partial charge in [0.15, 0.2) is 6.29 Å². The molecule has 1 amide bonds. The Bertz CT molecular complexity index is 618. The molecule has 2 rings (SSSR count). The van der Waals surface area contributed by atoms with Crippen LogP contribution in [0.15, 0.2) is 24.3 Å². The zero-order chi connectivity index (χ0) is 18.7. The number of ether oxygens (including phenoxy) is 2. The van der Waals surface area contributed by atoms with E-state index in [1.807, 2.05) is 46.8 Å². The topological polar surface area (TPSA) is 55.8 Å². The fraction of sp³-hybridized carbons (Fsp3) is 0.600. The summed E-state index contributed by atoms with van der Waals surface area (Å²) in [5.74, 6) is 0.741. The van der Waals surface area contributed by atoms with Gasteiger partial charge in [-0.1, -0.05) is 12.1 Å². The lowest BCUT2D eigenvalue weighted by molar-refractivity contribution is -0.0160. The molecule has 0 aromatic heterocycles. The van der Waals surface area contributed by atoms with Crippen molar-refractivity contribution < 1.29 is 19.1 Å². The van der Waals surface area contributed by atoms with E-state index in [0.29, 0.717) is 24.4 Å². The third kappa shape index (κ3) is 5.21. The minimum atomic E-state index is -0.501. The first-order chi connectivity index (χ1) is 11.6. The van der Waals surface area contributed by atoms with Crippen LogP contribution in [0.5, 0.6) is 5.75 Å². The van der Waals surface area contributed by atoms with Crippen molar-refractivity contribution in [3.8, 4) is 5.75 Å². The Kier molecular flexibility index (Phi) is 5.76. The second kappa shape index (κ2) is 7.46. The molecule has 1 aromatic rings. The minimum Gasteiger partial charge on any atom is -0.487 e. The highest BCUT2D eigenvalue weighted by Gasteiger charge is 2.37. The molecule has 0 saturated carbocycles. The van der Waals surface area contributed by atoms with Crippen molar-refractivity contribution in [1.82, 2.24) is 4.90 Å². The van der Waals surface area contributed by atoms with Crippen LogP contribution in [0.4, 0.5) is 4.79 Å². The van der Waals surface area contributed by atoms with Gasteiger partial charge in [0, 0.05) is 19.0 Å². The van der Waals surface area contributed by atoms with E-state index >= 15 is 0 Å². The third-order valence-corrected chi connectivity index (χ3v) is 4.48. The number of hydrogen-bond donors (Lipinski definition) is 0. The average Bonchev–Trinajstić information content (AvgIpc) is 2.53. The summed E-state index contributed by atoms with van der Waals surface area (Å²) >= 11 is 0. The van der Waals surface area contributed by atoms with Gasteiger partial charge in [0.1, 0.15) is 17.0 Å². The zero-order valence-electron chi connectivity index (χ0n) is 15.9. The average molecular weight is 347 g/mol. The van der Waals surface area contributed by atoms with E-state index in [4.69, 9.17) is 9.47 Å². The van der Waals surface area contributed by atoms with Crippen molar-refractivity contribution in [1.29, 1.82) is 0 Å². The maximum atomic E-state index is 12.4. The maximum Gasteiger partial charge on any atom is 0.410 e. The Morgan fingerprint density at radius 2 is 1.88 bits per heavy atom. The molecule has 5 nitrogen and oxygen atoms in total. The first-order valence-electron chi connectivity index (χ1n) is 8.83. The third-order valence-electron chi connectivity index (χ3n) is 4.48. The van der Waals surface area contributed by atoms with Crippen LogP contribution in [0.1, 0.15) is 57.8 Å². The molecule has 1 aromatic carbocycles. The van der Waals surface area contributed by atoms with Gasteiger partial charge in [0.05, 0.1) is 5.56 Å². The summed E-state index contributed by atoms with van der Waals surface area (Å²) in [6.45, 7) is 10.9. The van der Waals surface area contributed by atoms with Gasteiger partial charge in [0.25, 0.3) is 0 Å². The molecule has 0 N–H and O–H groups in total. The summed E-state index contributed by atoms with van der Waals surface area (Å²) in [5.41, 5.74) is -0.464. The summed E-state index contributed by atoms with van der Waals surface area (Å²) in [4.78, 5) is 25.3. The van der Waals surface area contributed by atoms with Crippen molar-refractivity contribution in [3.63, 3.8) is 0 Å². The van der Waals surface area contributed by atoms with E-state index < -0.39 is 11.2 Å². The highest BCUT2D eigenvalue weighted by atomic mass is 16.6. The van der Waals surface area contributed by atoms with Crippen LogP contribution in [0.2, 0.25) is 0 Å². The highest BCUT2D eigenvalue weighted by Crippen LogP contribution is 2.33. The number of carbonyl (C=O) groups is 2. The van der Waals surface area contributed by atoms with Crippen molar-refractivity contribution in [2.75, 3.05) is 13.1 Å². The number of likely N-dealkylation sites (tertiary alicyclic amines) is 1. The minimum absolute atomic E-state index is 0.161. The van der Waals surface area contributed by atoms with Gasteiger partial charge in [-0.15, -0.1) is 0 Å². The number of nitrogens with zero attached hydrogens (tertiary/aromatic N) is 1. The van der Waals surface area contributed by atoms with Crippen LogP contribution in [-0.2, 0) is 4.74 Å². The maximum absolute atomic E-state index is 12.4. The van der Waals surface area contributed by atoms with E-state index in [0.717, 1.165) is 19.1 Å². The fourth-order valence-electron chi connectivity index (χ4n) is 3.07. The number of benzene rings is 1. The molecule has 5 heteroatoms. The molecule has 138 valence electrons. The Balaban J connectivity index is 2.08. The van der Waals surface area contributed by atoms with E-state index in [1.165, 1.54) is 0 Å². The molecule has 1 aliphatic heterocycles. The zero-order valence-corrected chi connectivity index (χ0v) is 15.9. The van der Waals surface area contributed by atoms with Crippen LogP contribution in [-0.4, -0.2) is 41.6 Å². The van der Waals surface area contributed by atoms with Gasteiger partial charge in [0.2, 0.25) is 0 Å². The lowest BCUT2D eigenvalue weighted by atomic mass is 9.84. The Hall–Kier alpha value is -2.04. The molecule has 1 fully saturated rings. The molecule has 1 saturated heterocycles. The Labute approximate surface area is 150 Å². The number of carbonyl (C=O) groups excluding carboxylic acids is 2. The van der Waals surface area contributed by atoms with Crippen molar-refractivity contribution >= 4 is 12.4 Å². The summed E-state index contributed by atoms with van der Waals surface area (Å²) < 4.78 is 11.7. The Morgan fingerprint density at radius 1 is 1.20 bits per heavy atom. The second-order valence-corrected chi connectivity index (χ2v) is 8.13. The van der Waals surface area contributed by atoms with Crippen LogP contribution >= 0.6 is 0 Å². The normalized spacial score (nSPS) is 18.6. The predicted molar refractivity (Wildman–Crippen MR) is 97.1 cm³/mol. The van der Waals surface area contributed by atoms with Crippen molar-refractivity contribution in [2.45, 2.75) is 58.7 Å². The van der Waals surface area contributed by atoms with Gasteiger partial charge < -0.3 is 14.4 Å². The molecule has 0 bridgehead atoms. The SMILES string of the molecule is CC(C)(C)OC(=O)N1CCCC(C(C)(C)Oc2ccccc2C=O)C1. The van der Waals surface area contributed by atoms with Gasteiger partial charge in [-0.2, -0.15) is 0 Å². The smallest absolute Gasteiger partial charge is 0.410 e. The number of aldehydes is 1. The van der Waals surface area contributed by atoms with E-state index in [-0.39, 0.29) is 12.0 Å². The summed E-state index contributed by atoms with van der Waals surface area (Å²) in [5, 5.41) is 0. The van der Waals surface area contributed by atoms with Gasteiger partial charge in [-0.3, -0.25) is 4.79 Å². The molecule has 1 aliphatic rings. The number of para-hydroxylation sites is 1. The van der Waals surface area contributed by atoms with Gasteiger partial charge in [-0.05, 0) is 59.6 Å². The predicted octanol–water partition coefficient (Wildman–Crippen LogP) is 4.30. The second-order valence-electron chi connectivity index (χ2n) is 8.13. The van der Waals surface area contributed by atoms with E-state index in [9.17, 15) is 9.59 Å². The molecular formula is C20H29NO4. The van der Waals surface area contributed by atoms with Gasteiger partial charge >= 0.3 is 6.09 Å². The fourth-order valence-corrected chi connectivity index (χ4v) is 3.07. The highest BCUT2D eigenvalue weighted by molar-refractivity contribution is 5.79. The van der Waals surface area contributed by atoms with Crippen molar-refractivity contribution in [2.24, 2.45) is 5.92 Å². The van der Waals surface area contributed by atoms with Gasteiger partial charge in [-0.25, -0.2) is 4.79 Å². The van der Waals surface area contributed by atoms with Crippen LogP contribution < -0.4 is 4.74 Å². The van der Waals surface area contributed by atoms with Crippen molar-refractivity contribution in [3.05, 3.63) is 29.8 Å². The lowest BCUT2D eigenvalue weighted by Crippen LogP contribution is -2.50. The molecule has 1 unspecified atom stereocenters. The van der Waals surface area contributed by atoms with Crippen LogP contribution in [0.25, 0.3) is 0 Å². The monoisotopic (exact) mass is 347 g/mol. The van der Waals surface area contributed by atoms with E-state index in [2.05, 4.69) is 0 Å². The first-order valence-corrected chi connectivity index (χ1v) is 8.83. The summed E-state index contributed by atoms with van der Waals surface area (Å²) in [6.07, 6.45) is 2.40. The van der Waals surface area contributed by atoms with E-state index in [1.54, 1.807) is 17.0 Å². The number of rotatable bonds is 4. The number of piperidine rings is 1. The molecule has 1 heterocycles. The molecule has 1 atom stereocenters. The summed E-state index contributed by atoms with van der Waals surface area (Å²) in [7, 11) is 0. The first kappa shape index (κ1) is 19.3.